The first-order chi connectivity index (χ1) is 21.8. The first-order valence-corrected chi connectivity index (χ1v) is 14.7. The monoisotopic (exact) mass is 560 g/mol. The van der Waals surface area contributed by atoms with Crippen molar-refractivity contribution in [3.8, 4) is 0 Å². The van der Waals surface area contributed by atoms with Crippen molar-refractivity contribution in [1.29, 1.82) is 0 Å². The van der Waals surface area contributed by atoms with E-state index in [1.807, 2.05) is 49.1 Å². The molecule has 0 radical (unpaired) electrons. The van der Waals surface area contributed by atoms with Gasteiger partial charge in [0, 0.05) is 89.4 Å². The lowest BCUT2D eigenvalue weighted by Crippen LogP contribution is -1.87. The van der Waals surface area contributed by atoms with E-state index in [0.717, 1.165) is 22.1 Å². The number of pyridine rings is 4. The Morgan fingerprint density at radius 3 is 0.727 bits per heavy atom. The van der Waals surface area contributed by atoms with Crippen molar-refractivity contribution in [2.75, 3.05) is 0 Å². The molecule has 0 aliphatic carbocycles. The maximum absolute atomic E-state index is 4.58. The summed E-state index contributed by atoms with van der Waals surface area (Å²) < 4.78 is 0. The average Bonchev–Trinajstić information content (AvgIpc) is 3.11. The zero-order valence-corrected chi connectivity index (χ0v) is 23.6. The van der Waals surface area contributed by atoms with Crippen LogP contribution in [-0.4, -0.2) is 19.9 Å². The fourth-order valence-corrected chi connectivity index (χ4v) is 6.61. The van der Waals surface area contributed by atoms with Crippen molar-refractivity contribution in [2.45, 2.75) is 0 Å². The Hall–Kier alpha value is -6.00. The van der Waals surface area contributed by atoms with Crippen LogP contribution < -0.4 is 0 Å². The Kier molecular flexibility index (Phi) is 5.47. The summed E-state index contributed by atoms with van der Waals surface area (Å²) in [6.07, 6.45) is 7.86. The molecule has 4 heteroatoms. The van der Waals surface area contributed by atoms with E-state index in [-0.39, 0.29) is 0 Å². The van der Waals surface area contributed by atoms with Gasteiger partial charge < -0.3 is 0 Å². The number of fused-ring (bicyclic) bond motifs is 14. The molecule has 0 atom stereocenters. The number of nitrogens with zero attached hydrogens (tertiary/aromatic N) is 4. The van der Waals surface area contributed by atoms with Crippen molar-refractivity contribution in [3.05, 3.63) is 146 Å². The third-order valence-corrected chi connectivity index (χ3v) is 8.60. The van der Waals surface area contributed by atoms with Crippen LogP contribution in [0.3, 0.4) is 0 Å². The molecule has 6 aromatic carbocycles. The van der Waals surface area contributed by atoms with Crippen LogP contribution in [-0.2, 0) is 0 Å². The lowest BCUT2D eigenvalue weighted by molar-refractivity contribution is 1.44. The minimum absolute atomic E-state index is 1.03. The average molecular weight is 561 g/mol. The van der Waals surface area contributed by atoms with E-state index in [4.69, 9.17) is 0 Å². The highest BCUT2D eigenvalue weighted by Crippen LogP contribution is 2.36. The van der Waals surface area contributed by atoms with Crippen LogP contribution in [0.2, 0.25) is 0 Å². The minimum Gasteiger partial charge on any atom is -0.256 e. The lowest BCUT2D eigenvalue weighted by atomic mass is 9.97. The van der Waals surface area contributed by atoms with E-state index >= 15 is 0 Å². The Bertz CT molecular complexity index is 2330. The molecule has 0 fully saturated rings. The van der Waals surface area contributed by atoms with Crippen LogP contribution in [0.15, 0.2) is 146 Å². The summed E-state index contributed by atoms with van der Waals surface area (Å²) in [6.45, 7) is 0. The van der Waals surface area contributed by atoms with Gasteiger partial charge in [-0.1, -0.05) is 97.1 Å². The van der Waals surface area contributed by atoms with E-state index in [2.05, 4.69) is 117 Å². The highest BCUT2D eigenvalue weighted by molar-refractivity contribution is 6.27. The highest BCUT2D eigenvalue weighted by atomic mass is 14.7. The van der Waals surface area contributed by atoms with E-state index in [9.17, 15) is 0 Å². The summed E-state index contributed by atoms with van der Waals surface area (Å²) in [5.74, 6) is 0. The van der Waals surface area contributed by atoms with Crippen LogP contribution in [0.25, 0.3) is 86.7 Å². The molecule has 0 unspecified atom stereocenters. The topological polar surface area (TPSA) is 51.6 Å². The quantitative estimate of drug-likeness (QED) is 0.173. The maximum Gasteiger partial charge on any atom is 0.0708 e. The zero-order chi connectivity index (χ0) is 29.0. The number of benzene rings is 6. The Morgan fingerprint density at radius 2 is 0.477 bits per heavy atom. The Morgan fingerprint density at radius 1 is 0.250 bits per heavy atom. The van der Waals surface area contributed by atoms with Gasteiger partial charge in [0.05, 0.1) is 22.1 Å². The summed E-state index contributed by atoms with van der Waals surface area (Å²) >= 11 is 0. The van der Waals surface area contributed by atoms with Crippen molar-refractivity contribution in [3.63, 3.8) is 0 Å². The predicted molar refractivity (Wildman–Crippen MR) is 184 cm³/mol. The second-order valence-electron chi connectivity index (χ2n) is 11.1. The molecule has 0 saturated heterocycles. The van der Waals surface area contributed by atoms with Gasteiger partial charge in [-0.3, -0.25) is 19.9 Å². The third-order valence-electron chi connectivity index (χ3n) is 8.60. The second kappa shape index (κ2) is 9.79. The zero-order valence-electron chi connectivity index (χ0n) is 23.6. The smallest absolute Gasteiger partial charge is 0.0708 e. The van der Waals surface area contributed by atoms with Gasteiger partial charge in [-0.2, -0.15) is 0 Å². The van der Waals surface area contributed by atoms with Crippen LogP contribution in [0.5, 0.6) is 0 Å². The molecular weight excluding hydrogens is 536 g/mol. The van der Waals surface area contributed by atoms with Gasteiger partial charge in [-0.05, 0) is 24.3 Å². The van der Waals surface area contributed by atoms with Crippen molar-refractivity contribution in [1.82, 2.24) is 19.9 Å². The van der Waals surface area contributed by atoms with Crippen LogP contribution in [0.4, 0.5) is 0 Å². The second-order valence-corrected chi connectivity index (χ2v) is 11.1. The highest BCUT2D eigenvalue weighted by Gasteiger charge is 2.11. The van der Waals surface area contributed by atoms with E-state index in [1.54, 1.807) is 0 Å². The molecule has 4 heterocycles. The molecular formula is C40H24N4. The SMILES string of the molecule is c1ccc2c(c1)ncc1ccc3cnc4ccccc4c3c12.c1ccc2c(c1)ncc1ccc3cnc4ccccc4c3c12. The first kappa shape index (κ1) is 24.6. The number of hydrogen-bond donors (Lipinski definition) is 0. The van der Waals surface area contributed by atoms with Gasteiger partial charge in [0.2, 0.25) is 0 Å². The number of para-hydroxylation sites is 4. The minimum atomic E-state index is 1.03. The fraction of sp³-hybridized carbons (Fsp3) is 0. The van der Waals surface area contributed by atoms with E-state index in [0.29, 0.717) is 0 Å². The van der Waals surface area contributed by atoms with Crippen LogP contribution >= 0.6 is 0 Å². The molecule has 0 spiro atoms. The largest absolute Gasteiger partial charge is 0.256 e. The van der Waals surface area contributed by atoms with Gasteiger partial charge in [0.15, 0.2) is 0 Å². The van der Waals surface area contributed by atoms with Crippen molar-refractivity contribution >= 4 is 86.7 Å². The molecule has 10 aromatic rings. The van der Waals surface area contributed by atoms with Gasteiger partial charge in [0.25, 0.3) is 0 Å². The Labute approximate surface area is 252 Å². The molecule has 4 nitrogen and oxygen atoms in total. The van der Waals surface area contributed by atoms with Gasteiger partial charge >= 0.3 is 0 Å². The van der Waals surface area contributed by atoms with Crippen molar-refractivity contribution in [2.24, 2.45) is 0 Å². The molecule has 0 aliphatic heterocycles. The standard InChI is InChI=1S/2C20H12N2/c2*1-3-7-17-15(5-1)19-13(11-21-17)9-10-14-12-22-18-8-4-2-6-16(18)20(14)19/h2*1-12H. The molecule has 204 valence electrons. The summed E-state index contributed by atoms with van der Waals surface area (Å²) in [7, 11) is 0. The predicted octanol–water partition coefficient (Wildman–Crippen LogP) is 10.2. The van der Waals surface area contributed by atoms with E-state index < -0.39 is 0 Å². The first-order valence-electron chi connectivity index (χ1n) is 14.7. The molecule has 4 aromatic heterocycles. The van der Waals surface area contributed by atoms with Crippen LogP contribution in [0, 0.1) is 0 Å². The molecule has 0 aliphatic rings. The molecule has 44 heavy (non-hydrogen) atoms. The van der Waals surface area contributed by atoms with Crippen molar-refractivity contribution < 1.29 is 0 Å². The molecule has 0 amide bonds. The van der Waals surface area contributed by atoms with Gasteiger partial charge in [0.1, 0.15) is 0 Å². The number of rotatable bonds is 0. The van der Waals surface area contributed by atoms with Crippen LogP contribution in [0.1, 0.15) is 0 Å². The summed E-state index contributed by atoms with van der Waals surface area (Å²) in [5, 5.41) is 14.5. The van der Waals surface area contributed by atoms with E-state index in [1.165, 1.54) is 64.6 Å². The Balaban J connectivity index is 0.000000123. The normalized spacial score (nSPS) is 11.6. The summed E-state index contributed by atoms with van der Waals surface area (Å²) in [6, 6.07) is 41.8. The number of hydrogen-bond acceptors (Lipinski definition) is 4. The molecule has 0 bridgehead atoms. The summed E-state index contributed by atoms with van der Waals surface area (Å²) in [4.78, 5) is 18.3. The molecule has 10 rings (SSSR count). The lowest BCUT2D eigenvalue weighted by Gasteiger charge is -2.09. The fourth-order valence-electron chi connectivity index (χ4n) is 6.61. The number of aromatic nitrogens is 4. The summed E-state index contributed by atoms with van der Waals surface area (Å²) in [5.41, 5.74) is 4.12. The van der Waals surface area contributed by atoms with Gasteiger partial charge in [-0.15, -0.1) is 0 Å². The van der Waals surface area contributed by atoms with Gasteiger partial charge in [-0.25, -0.2) is 0 Å². The molecule has 0 saturated carbocycles. The molecule has 0 N–H and O–H groups in total. The third kappa shape index (κ3) is 3.78. The maximum atomic E-state index is 4.58.